The van der Waals surface area contributed by atoms with E-state index in [1.807, 2.05) is 38.1 Å². The number of nitrogen functional groups attached to an aromatic ring is 1. The van der Waals surface area contributed by atoms with E-state index in [9.17, 15) is 10.1 Å². The minimum absolute atomic E-state index is 0.0545. The van der Waals surface area contributed by atoms with Crippen molar-refractivity contribution in [2.24, 2.45) is 0 Å². The van der Waals surface area contributed by atoms with Gasteiger partial charge in [-0.2, -0.15) is 5.26 Å². The lowest BCUT2D eigenvalue weighted by Crippen LogP contribution is -2.14. The second-order valence-corrected chi connectivity index (χ2v) is 5.71. The van der Waals surface area contributed by atoms with Crippen LogP contribution in [0.15, 0.2) is 48.2 Å². The van der Waals surface area contributed by atoms with Crippen molar-refractivity contribution in [3.63, 3.8) is 0 Å². The van der Waals surface area contributed by atoms with Crippen LogP contribution >= 0.6 is 11.6 Å². The first-order valence-corrected chi connectivity index (χ1v) is 7.59. The molecule has 0 radical (unpaired) electrons. The van der Waals surface area contributed by atoms with Crippen LogP contribution in [0.5, 0.6) is 0 Å². The SMILES string of the molecule is Cc1ccc(N/C=C(/C#N)C(=O)Nc2ccc(N)c(Cl)c2)cc1C. The van der Waals surface area contributed by atoms with Gasteiger partial charge < -0.3 is 16.4 Å². The molecule has 0 saturated heterocycles. The van der Waals surface area contributed by atoms with Gasteiger partial charge in [0.1, 0.15) is 11.6 Å². The molecule has 122 valence electrons. The molecule has 0 spiro atoms. The van der Waals surface area contributed by atoms with Gasteiger partial charge in [0, 0.05) is 17.6 Å². The summed E-state index contributed by atoms with van der Waals surface area (Å²) in [6, 6.07) is 12.4. The van der Waals surface area contributed by atoms with Crippen molar-refractivity contribution in [2.75, 3.05) is 16.4 Å². The predicted octanol–water partition coefficient (Wildman–Crippen LogP) is 4.00. The number of aryl methyl sites for hydroxylation is 2. The molecule has 0 fully saturated rings. The monoisotopic (exact) mass is 340 g/mol. The maximum Gasteiger partial charge on any atom is 0.267 e. The van der Waals surface area contributed by atoms with Gasteiger partial charge in [-0.1, -0.05) is 17.7 Å². The van der Waals surface area contributed by atoms with Gasteiger partial charge in [-0.3, -0.25) is 4.79 Å². The molecule has 0 saturated carbocycles. The maximum atomic E-state index is 12.2. The van der Waals surface area contributed by atoms with Gasteiger partial charge in [-0.05, 0) is 55.3 Å². The number of amides is 1. The Morgan fingerprint density at radius 1 is 1.17 bits per heavy atom. The summed E-state index contributed by atoms with van der Waals surface area (Å²) < 4.78 is 0. The van der Waals surface area contributed by atoms with Gasteiger partial charge in [-0.15, -0.1) is 0 Å². The van der Waals surface area contributed by atoms with Gasteiger partial charge >= 0.3 is 0 Å². The van der Waals surface area contributed by atoms with Crippen LogP contribution in [0.25, 0.3) is 0 Å². The van der Waals surface area contributed by atoms with Crippen LogP contribution in [-0.2, 0) is 4.79 Å². The summed E-state index contributed by atoms with van der Waals surface area (Å²) in [5.74, 6) is -0.533. The molecule has 5 nitrogen and oxygen atoms in total. The number of carbonyl (C=O) groups is 1. The summed E-state index contributed by atoms with van der Waals surface area (Å²) in [4.78, 5) is 12.2. The Labute approximate surface area is 145 Å². The second-order valence-electron chi connectivity index (χ2n) is 5.30. The summed E-state index contributed by atoms with van der Waals surface area (Å²) >= 11 is 5.91. The van der Waals surface area contributed by atoms with Crippen molar-refractivity contribution in [3.05, 3.63) is 64.3 Å². The lowest BCUT2D eigenvalue weighted by molar-refractivity contribution is -0.112. The topological polar surface area (TPSA) is 90.9 Å². The van der Waals surface area contributed by atoms with E-state index in [1.54, 1.807) is 12.1 Å². The van der Waals surface area contributed by atoms with Crippen molar-refractivity contribution in [3.8, 4) is 6.07 Å². The van der Waals surface area contributed by atoms with E-state index in [0.717, 1.165) is 11.3 Å². The first-order valence-electron chi connectivity index (χ1n) is 7.21. The Morgan fingerprint density at radius 2 is 1.88 bits per heavy atom. The van der Waals surface area contributed by atoms with Crippen LogP contribution in [0.2, 0.25) is 5.02 Å². The number of nitrogens with one attached hydrogen (secondary N) is 2. The summed E-state index contributed by atoms with van der Waals surface area (Å²) in [6.45, 7) is 4.01. The first-order chi connectivity index (χ1) is 11.4. The number of anilines is 3. The molecule has 0 aliphatic rings. The molecule has 4 N–H and O–H groups in total. The van der Waals surface area contributed by atoms with E-state index in [4.69, 9.17) is 17.3 Å². The Hall–Kier alpha value is -2.97. The molecule has 0 bridgehead atoms. The summed E-state index contributed by atoms with van der Waals surface area (Å²) in [7, 11) is 0. The Balaban J connectivity index is 2.11. The van der Waals surface area contributed by atoms with Crippen LogP contribution in [0, 0.1) is 25.2 Å². The highest BCUT2D eigenvalue weighted by molar-refractivity contribution is 6.33. The molecule has 0 aliphatic heterocycles. The highest BCUT2D eigenvalue weighted by atomic mass is 35.5. The zero-order valence-electron chi connectivity index (χ0n) is 13.4. The third-order valence-electron chi connectivity index (χ3n) is 3.51. The second kappa shape index (κ2) is 7.53. The van der Waals surface area contributed by atoms with Crippen LogP contribution < -0.4 is 16.4 Å². The molecular formula is C18H17ClN4O. The molecule has 0 aliphatic carbocycles. The van der Waals surface area contributed by atoms with Crippen molar-refractivity contribution >= 4 is 34.6 Å². The minimum Gasteiger partial charge on any atom is -0.398 e. The number of nitrogens with two attached hydrogens (primary N) is 1. The molecule has 2 rings (SSSR count). The molecular weight excluding hydrogens is 324 g/mol. The number of nitriles is 1. The molecule has 0 heterocycles. The fraction of sp³-hybridized carbons (Fsp3) is 0.111. The van der Waals surface area contributed by atoms with Crippen molar-refractivity contribution in [1.29, 1.82) is 5.26 Å². The van der Waals surface area contributed by atoms with E-state index < -0.39 is 5.91 Å². The molecule has 1 amide bonds. The maximum absolute atomic E-state index is 12.2. The predicted molar refractivity (Wildman–Crippen MR) is 97.7 cm³/mol. The smallest absolute Gasteiger partial charge is 0.267 e. The zero-order valence-corrected chi connectivity index (χ0v) is 14.1. The number of rotatable bonds is 4. The zero-order chi connectivity index (χ0) is 17.7. The summed E-state index contributed by atoms with van der Waals surface area (Å²) in [5.41, 5.74) is 9.54. The van der Waals surface area contributed by atoms with Gasteiger partial charge in [0.25, 0.3) is 5.91 Å². The van der Waals surface area contributed by atoms with Gasteiger partial charge in [0.2, 0.25) is 0 Å². The lowest BCUT2D eigenvalue weighted by Gasteiger charge is -2.07. The van der Waals surface area contributed by atoms with Gasteiger partial charge in [0.15, 0.2) is 0 Å². The number of hydrogen-bond acceptors (Lipinski definition) is 4. The number of halogens is 1. The highest BCUT2D eigenvalue weighted by Crippen LogP contribution is 2.23. The van der Waals surface area contributed by atoms with Gasteiger partial charge in [0.05, 0.1) is 10.7 Å². The van der Waals surface area contributed by atoms with Crippen molar-refractivity contribution < 1.29 is 4.79 Å². The van der Waals surface area contributed by atoms with Crippen LogP contribution in [0.1, 0.15) is 11.1 Å². The molecule has 0 atom stereocenters. The average molecular weight is 341 g/mol. The quantitative estimate of drug-likeness (QED) is 0.445. The molecule has 2 aromatic carbocycles. The molecule has 2 aromatic rings. The molecule has 0 unspecified atom stereocenters. The summed E-state index contributed by atoms with van der Waals surface area (Å²) in [6.07, 6.45) is 1.37. The van der Waals surface area contributed by atoms with Crippen LogP contribution in [0.3, 0.4) is 0 Å². The Bertz CT molecular complexity index is 853. The third kappa shape index (κ3) is 4.28. The van der Waals surface area contributed by atoms with E-state index in [-0.39, 0.29) is 5.57 Å². The number of nitrogens with zero attached hydrogens (tertiary/aromatic N) is 1. The van der Waals surface area contributed by atoms with E-state index >= 15 is 0 Å². The van der Waals surface area contributed by atoms with Crippen molar-refractivity contribution in [2.45, 2.75) is 13.8 Å². The fourth-order valence-electron chi connectivity index (χ4n) is 1.94. The standard InChI is InChI=1S/C18H17ClN4O/c1-11-3-4-14(7-12(11)2)22-10-13(9-20)18(24)23-15-5-6-17(21)16(19)8-15/h3-8,10,22H,21H2,1-2H3,(H,23,24)/b13-10-. The number of hydrogen-bond donors (Lipinski definition) is 3. The highest BCUT2D eigenvalue weighted by Gasteiger charge is 2.10. The van der Waals surface area contributed by atoms with E-state index in [1.165, 1.54) is 17.8 Å². The third-order valence-corrected chi connectivity index (χ3v) is 3.84. The average Bonchev–Trinajstić information content (AvgIpc) is 2.55. The number of carbonyl (C=O) groups excluding carboxylic acids is 1. The summed E-state index contributed by atoms with van der Waals surface area (Å²) in [5, 5.41) is 15.1. The fourth-order valence-corrected chi connectivity index (χ4v) is 2.12. The molecule has 0 aromatic heterocycles. The van der Waals surface area contributed by atoms with Crippen molar-refractivity contribution in [1.82, 2.24) is 0 Å². The van der Waals surface area contributed by atoms with Crippen LogP contribution in [-0.4, -0.2) is 5.91 Å². The molecule has 24 heavy (non-hydrogen) atoms. The van der Waals surface area contributed by atoms with E-state index in [2.05, 4.69) is 10.6 Å². The normalized spacial score (nSPS) is 10.8. The van der Waals surface area contributed by atoms with E-state index in [0.29, 0.717) is 16.4 Å². The molecule has 6 heteroatoms. The number of benzene rings is 2. The van der Waals surface area contributed by atoms with Crippen LogP contribution in [0.4, 0.5) is 17.1 Å². The Morgan fingerprint density at radius 3 is 2.50 bits per heavy atom. The first kappa shape index (κ1) is 17.4. The largest absolute Gasteiger partial charge is 0.398 e. The lowest BCUT2D eigenvalue weighted by atomic mass is 10.1. The minimum atomic E-state index is -0.533. The Kier molecular flexibility index (Phi) is 5.46. The van der Waals surface area contributed by atoms with Gasteiger partial charge in [-0.25, -0.2) is 0 Å².